The minimum atomic E-state index is -1.39. The number of amides is 3. The van der Waals surface area contributed by atoms with Crippen molar-refractivity contribution in [3.63, 3.8) is 0 Å². The molecule has 6 rings (SSSR count). The molecular formula is C36H43N3O6. The minimum Gasteiger partial charge on any atom is -0.497 e. The van der Waals surface area contributed by atoms with Gasteiger partial charge in [-0.15, -0.1) is 0 Å². The Morgan fingerprint density at radius 1 is 0.933 bits per heavy atom. The van der Waals surface area contributed by atoms with Crippen LogP contribution in [0.5, 0.6) is 5.75 Å². The number of rotatable bonds is 9. The van der Waals surface area contributed by atoms with Gasteiger partial charge >= 0.3 is 0 Å². The molecule has 4 aliphatic rings. The Balaban J connectivity index is 1.47. The van der Waals surface area contributed by atoms with Crippen molar-refractivity contribution in [3.8, 4) is 5.75 Å². The fraction of sp³-hybridized carbons (Fsp3) is 0.472. The van der Waals surface area contributed by atoms with Crippen LogP contribution in [0.3, 0.4) is 0 Å². The van der Waals surface area contributed by atoms with E-state index in [2.05, 4.69) is 0 Å². The predicted molar refractivity (Wildman–Crippen MR) is 170 cm³/mol. The molecule has 9 nitrogen and oxygen atoms in total. The highest BCUT2D eigenvalue weighted by Gasteiger charge is 2.76. The van der Waals surface area contributed by atoms with Gasteiger partial charge in [-0.2, -0.15) is 0 Å². The zero-order valence-electron chi connectivity index (χ0n) is 26.5. The number of carbonyl (C=O) groups excluding carboxylic acids is 3. The van der Waals surface area contributed by atoms with E-state index in [0.717, 1.165) is 5.56 Å². The molecule has 2 aromatic rings. The number of aliphatic hydroxyl groups is 1. The molecule has 2 fully saturated rings. The molecule has 2 saturated heterocycles. The Bertz CT molecular complexity index is 1490. The molecule has 6 atom stereocenters. The predicted octanol–water partition coefficient (Wildman–Crippen LogP) is 3.96. The van der Waals surface area contributed by atoms with Gasteiger partial charge in [-0.3, -0.25) is 14.4 Å². The smallest absolute Gasteiger partial charge is 0.253 e. The first kappa shape index (κ1) is 31.0. The number of anilines is 1. The van der Waals surface area contributed by atoms with Crippen LogP contribution in [0, 0.1) is 17.8 Å². The van der Waals surface area contributed by atoms with Gasteiger partial charge in [-0.1, -0.05) is 75.4 Å². The Labute approximate surface area is 265 Å². The third kappa shape index (κ3) is 5.06. The molecule has 2 aromatic carbocycles. The summed E-state index contributed by atoms with van der Waals surface area (Å²) in [5.41, 5.74) is -0.813. The second kappa shape index (κ2) is 12.1. The standard InChI is InChI=1S/C36H43N3O6/c1-5-35-17-9-19-37(22-25-11-7-6-8-12-25)32(41)29(35)30-33(42)39(27(23-40)21-24(2)3)31-34(43)38(20-10-18-36(30,31)45-35)26-13-15-28(44-4)16-14-26/h6-18,24,27,29-31,40H,5,19-23H2,1-4H3/t27-,29+,30+,31?,35-,36+/m1/s1. The van der Waals surface area contributed by atoms with E-state index in [-0.39, 0.29) is 36.8 Å². The number of likely N-dealkylation sites (tertiary alicyclic amines) is 1. The Kier molecular flexibility index (Phi) is 8.35. The molecule has 238 valence electrons. The maximum absolute atomic E-state index is 14.9. The van der Waals surface area contributed by atoms with Gasteiger partial charge in [-0.25, -0.2) is 0 Å². The van der Waals surface area contributed by atoms with Crippen molar-refractivity contribution in [1.29, 1.82) is 0 Å². The zero-order valence-corrected chi connectivity index (χ0v) is 26.5. The Morgan fingerprint density at radius 3 is 2.29 bits per heavy atom. The minimum absolute atomic E-state index is 0.153. The monoisotopic (exact) mass is 613 g/mol. The quantitative estimate of drug-likeness (QED) is 0.430. The molecule has 0 saturated carbocycles. The van der Waals surface area contributed by atoms with Gasteiger partial charge in [-0.05, 0) is 48.6 Å². The van der Waals surface area contributed by atoms with Crippen molar-refractivity contribution in [2.24, 2.45) is 17.8 Å². The third-order valence-electron chi connectivity index (χ3n) is 9.91. The topological polar surface area (TPSA) is 99.6 Å². The molecule has 4 heterocycles. The van der Waals surface area contributed by atoms with Crippen LogP contribution in [0.2, 0.25) is 0 Å². The molecule has 3 amide bonds. The van der Waals surface area contributed by atoms with Crippen molar-refractivity contribution in [3.05, 3.63) is 84.5 Å². The van der Waals surface area contributed by atoms with Crippen LogP contribution in [0.25, 0.3) is 0 Å². The second-order valence-electron chi connectivity index (χ2n) is 13.0. The third-order valence-corrected chi connectivity index (χ3v) is 9.91. The van der Waals surface area contributed by atoms with Crippen LogP contribution in [-0.2, 0) is 25.7 Å². The first-order valence-electron chi connectivity index (χ1n) is 16.0. The summed E-state index contributed by atoms with van der Waals surface area (Å²) in [4.78, 5) is 49.3. The molecule has 0 radical (unpaired) electrons. The van der Waals surface area contributed by atoms with Gasteiger partial charge in [0.25, 0.3) is 5.91 Å². The largest absolute Gasteiger partial charge is 0.497 e. The number of hydrogen-bond donors (Lipinski definition) is 1. The number of ether oxygens (including phenoxy) is 2. The van der Waals surface area contributed by atoms with Crippen molar-refractivity contribution < 1.29 is 29.0 Å². The lowest BCUT2D eigenvalue weighted by Gasteiger charge is -2.41. The fourth-order valence-electron chi connectivity index (χ4n) is 7.90. The lowest BCUT2D eigenvalue weighted by molar-refractivity contribution is -0.153. The molecule has 0 aromatic heterocycles. The van der Waals surface area contributed by atoms with Crippen molar-refractivity contribution in [2.75, 3.05) is 31.7 Å². The summed E-state index contributed by atoms with van der Waals surface area (Å²) in [6, 6.07) is 15.3. The summed E-state index contributed by atoms with van der Waals surface area (Å²) in [7, 11) is 1.59. The summed E-state index contributed by atoms with van der Waals surface area (Å²) in [6.45, 7) is 6.77. The maximum atomic E-state index is 14.9. The second-order valence-corrected chi connectivity index (χ2v) is 13.0. The number of hydrogen-bond acceptors (Lipinski definition) is 6. The van der Waals surface area contributed by atoms with E-state index in [4.69, 9.17) is 9.47 Å². The highest BCUT2D eigenvalue weighted by Crippen LogP contribution is 2.59. The molecule has 0 aliphatic carbocycles. The maximum Gasteiger partial charge on any atom is 0.253 e. The van der Waals surface area contributed by atoms with Crippen molar-refractivity contribution in [2.45, 2.75) is 63.4 Å². The van der Waals surface area contributed by atoms with E-state index in [9.17, 15) is 19.5 Å². The fourth-order valence-corrected chi connectivity index (χ4v) is 7.90. The lowest BCUT2D eigenvalue weighted by atomic mass is 9.73. The van der Waals surface area contributed by atoms with E-state index < -0.39 is 35.1 Å². The molecule has 4 aliphatic heterocycles. The number of nitrogens with zero attached hydrogens (tertiary/aromatic N) is 3. The molecule has 1 spiro atoms. The van der Waals surface area contributed by atoms with Crippen LogP contribution in [-0.4, -0.2) is 82.7 Å². The Hall–Kier alpha value is -3.95. The van der Waals surface area contributed by atoms with E-state index in [0.29, 0.717) is 37.4 Å². The van der Waals surface area contributed by atoms with E-state index in [1.165, 1.54) is 0 Å². The molecule has 0 bridgehead atoms. The first-order chi connectivity index (χ1) is 21.7. The van der Waals surface area contributed by atoms with Crippen LogP contribution < -0.4 is 9.64 Å². The van der Waals surface area contributed by atoms with Crippen molar-refractivity contribution >= 4 is 23.4 Å². The first-order valence-corrected chi connectivity index (χ1v) is 16.0. The van der Waals surface area contributed by atoms with Crippen LogP contribution in [0.4, 0.5) is 5.69 Å². The average molecular weight is 614 g/mol. The van der Waals surface area contributed by atoms with Gasteiger partial charge in [0.2, 0.25) is 11.8 Å². The molecule has 45 heavy (non-hydrogen) atoms. The number of benzene rings is 2. The normalized spacial score (nSPS) is 29.9. The molecule has 1 unspecified atom stereocenters. The lowest BCUT2D eigenvalue weighted by Crippen LogP contribution is -2.59. The van der Waals surface area contributed by atoms with E-state index in [1.807, 2.05) is 87.5 Å². The van der Waals surface area contributed by atoms with Gasteiger partial charge in [0.1, 0.15) is 17.4 Å². The van der Waals surface area contributed by atoms with Gasteiger partial charge in [0, 0.05) is 25.3 Å². The molecular weight excluding hydrogens is 570 g/mol. The number of methoxy groups -OCH3 is 1. The van der Waals surface area contributed by atoms with E-state index >= 15 is 0 Å². The Morgan fingerprint density at radius 2 is 1.64 bits per heavy atom. The van der Waals surface area contributed by atoms with Gasteiger partial charge < -0.3 is 29.3 Å². The summed E-state index contributed by atoms with van der Waals surface area (Å²) in [5, 5.41) is 10.7. The summed E-state index contributed by atoms with van der Waals surface area (Å²) in [6.07, 6.45) is 8.60. The SMILES string of the molecule is CC[C@@]12C=CCN(Cc3ccccc3)C(=O)[C@@H]1[C@H]1C(=O)N([C@@H](CO)CC(C)C)C3C(=O)N(c4ccc(OC)cc4)CC=C[C@@]31O2. The number of carbonyl (C=O) groups is 3. The van der Waals surface area contributed by atoms with Crippen LogP contribution in [0.1, 0.15) is 39.2 Å². The summed E-state index contributed by atoms with van der Waals surface area (Å²) >= 11 is 0. The molecule has 1 N–H and O–H groups in total. The number of aliphatic hydroxyl groups excluding tert-OH is 1. The van der Waals surface area contributed by atoms with Crippen molar-refractivity contribution in [1.82, 2.24) is 9.80 Å². The molecule has 9 heteroatoms. The highest BCUT2D eigenvalue weighted by molar-refractivity contribution is 6.06. The summed E-state index contributed by atoms with van der Waals surface area (Å²) in [5.74, 6) is -1.75. The van der Waals surface area contributed by atoms with Gasteiger partial charge in [0.05, 0.1) is 37.2 Å². The summed E-state index contributed by atoms with van der Waals surface area (Å²) < 4.78 is 12.4. The average Bonchev–Trinajstić information content (AvgIpc) is 3.35. The van der Waals surface area contributed by atoms with Crippen LogP contribution >= 0.6 is 0 Å². The number of fused-ring (bicyclic) bond motifs is 2. The van der Waals surface area contributed by atoms with Crippen LogP contribution in [0.15, 0.2) is 78.9 Å². The zero-order chi connectivity index (χ0) is 31.9. The van der Waals surface area contributed by atoms with E-state index in [1.54, 1.807) is 33.9 Å². The van der Waals surface area contributed by atoms with Gasteiger partial charge in [0.15, 0.2) is 0 Å². The highest BCUT2D eigenvalue weighted by atomic mass is 16.5.